The molecule has 0 aliphatic carbocycles. The predicted octanol–water partition coefficient (Wildman–Crippen LogP) is 4.18. The van der Waals surface area contributed by atoms with Gasteiger partial charge in [0.1, 0.15) is 0 Å². The van der Waals surface area contributed by atoms with Crippen molar-refractivity contribution in [1.82, 2.24) is 4.98 Å². The van der Waals surface area contributed by atoms with Crippen molar-refractivity contribution in [3.63, 3.8) is 0 Å². The van der Waals surface area contributed by atoms with Gasteiger partial charge in [0.05, 0.1) is 23.7 Å². The summed E-state index contributed by atoms with van der Waals surface area (Å²) in [6.45, 7) is 11.3. The fourth-order valence-electron chi connectivity index (χ4n) is 3.21. The van der Waals surface area contributed by atoms with E-state index < -0.39 is 6.10 Å². The molecule has 3 nitrogen and oxygen atoms in total. The summed E-state index contributed by atoms with van der Waals surface area (Å²) in [5, 5.41) is 9.82. The highest BCUT2D eigenvalue weighted by Gasteiger charge is 2.27. The lowest BCUT2D eigenvalue weighted by molar-refractivity contribution is 0.169. The molecule has 0 spiro atoms. The number of nitrogens with zero attached hydrogens (tertiary/aromatic N) is 2. The van der Waals surface area contributed by atoms with Gasteiger partial charge < -0.3 is 10.0 Å². The van der Waals surface area contributed by atoms with Crippen LogP contribution < -0.4 is 4.90 Å². The SMILES string of the molecule is CC[C@@H](O)c1ccc(N2CCCC(C(C)(C)C)CC2)cn1. The van der Waals surface area contributed by atoms with Gasteiger partial charge in [-0.2, -0.15) is 0 Å². The van der Waals surface area contributed by atoms with Crippen molar-refractivity contribution in [2.75, 3.05) is 18.0 Å². The number of hydrogen-bond acceptors (Lipinski definition) is 3. The number of hydrogen-bond donors (Lipinski definition) is 1. The smallest absolute Gasteiger partial charge is 0.0957 e. The van der Waals surface area contributed by atoms with Crippen molar-refractivity contribution in [1.29, 1.82) is 0 Å². The highest BCUT2D eigenvalue weighted by Crippen LogP contribution is 2.35. The van der Waals surface area contributed by atoms with E-state index in [4.69, 9.17) is 0 Å². The largest absolute Gasteiger partial charge is 0.387 e. The summed E-state index contributed by atoms with van der Waals surface area (Å²) in [6, 6.07) is 4.08. The summed E-state index contributed by atoms with van der Waals surface area (Å²) in [4.78, 5) is 6.88. The summed E-state index contributed by atoms with van der Waals surface area (Å²) in [5.41, 5.74) is 2.38. The Bertz CT molecular complexity index is 436. The van der Waals surface area contributed by atoms with Crippen molar-refractivity contribution in [2.24, 2.45) is 11.3 Å². The molecule has 0 aromatic carbocycles. The Morgan fingerprint density at radius 2 is 2.05 bits per heavy atom. The third-order valence-corrected chi connectivity index (χ3v) is 4.82. The maximum atomic E-state index is 9.82. The zero-order valence-electron chi connectivity index (χ0n) is 14.0. The van der Waals surface area contributed by atoms with Crippen LogP contribution in [-0.4, -0.2) is 23.2 Å². The highest BCUT2D eigenvalue weighted by molar-refractivity contribution is 5.44. The fraction of sp³-hybridized carbons (Fsp3) is 0.722. The second kappa shape index (κ2) is 6.78. The topological polar surface area (TPSA) is 36.4 Å². The van der Waals surface area contributed by atoms with Crippen LogP contribution in [0.2, 0.25) is 0 Å². The van der Waals surface area contributed by atoms with Crippen LogP contribution in [0.15, 0.2) is 18.3 Å². The van der Waals surface area contributed by atoms with Crippen molar-refractivity contribution in [2.45, 2.75) is 59.5 Å². The zero-order chi connectivity index (χ0) is 15.5. The molecule has 0 bridgehead atoms. The third kappa shape index (κ3) is 4.19. The molecule has 0 saturated carbocycles. The Morgan fingerprint density at radius 3 is 2.62 bits per heavy atom. The molecule has 3 heteroatoms. The first kappa shape index (κ1) is 16.3. The molecule has 0 amide bonds. The Hall–Kier alpha value is -1.09. The van der Waals surface area contributed by atoms with Crippen LogP contribution in [0.5, 0.6) is 0 Å². The average molecular weight is 290 g/mol. The summed E-state index contributed by atoms with van der Waals surface area (Å²) >= 11 is 0. The van der Waals surface area contributed by atoms with E-state index in [0.717, 1.165) is 24.7 Å². The summed E-state index contributed by atoms with van der Waals surface area (Å²) < 4.78 is 0. The number of aromatic nitrogens is 1. The van der Waals surface area contributed by atoms with E-state index in [1.807, 2.05) is 19.2 Å². The van der Waals surface area contributed by atoms with Gasteiger partial charge in [-0.25, -0.2) is 0 Å². The Morgan fingerprint density at radius 1 is 1.29 bits per heavy atom. The molecule has 118 valence electrons. The van der Waals surface area contributed by atoms with Crippen LogP contribution >= 0.6 is 0 Å². The molecule has 2 atom stereocenters. The van der Waals surface area contributed by atoms with Gasteiger partial charge in [-0.1, -0.05) is 27.7 Å². The molecule has 1 saturated heterocycles. The van der Waals surface area contributed by atoms with Crippen molar-refractivity contribution in [3.8, 4) is 0 Å². The molecule has 1 fully saturated rings. The monoisotopic (exact) mass is 290 g/mol. The molecule has 2 rings (SSSR count). The minimum Gasteiger partial charge on any atom is -0.387 e. The molecule has 1 aromatic heterocycles. The molecular formula is C18H30N2O. The van der Waals surface area contributed by atoms with Gasteiger partial charge >= 0.3 is 0 Å². The molecule has 1 unspecified atom stereocenters. The van der Waals surface area contributed by atoms with Gasteiger partial charge in [0, 0.05) is 13.1 Å². The number of aliphatic hydroxyl groups excluding tert-OH is 1. The molecule has 1 N–H and O–H groups in total. The molecular weight excluding hydrogens is 260 g/mol. The van der Waals surface area contributed by atoms with Crippen LogP contribution in [0.1, 0.15) is 65.2 Å². The Kier molecular flexibility index (Phi) is 5.26. The molecule has 0 radical (unpaired) electrons. The first-order chi connectivity index (χ1) is 9.91. The second-order valence-electron chi connectivity index (χ2n) is 7.35. The number of aliphatic hydroxyl groups is 1. The van der Waals surface area contributed by atoms with E-state index in [9.17, 15) is 5.11 Å². The maximum absolute atomic E-state index is 9.82. The number of rotatable bonds is 3. The van der Waals surface area contributed by atoms with Gasteiger partial charge in [-0.3, -0.25) is 4.98 Å². The zero-order valence-corrected chi connectivity index (χ0v) is 14.0. The van der Waals surface area contributed by atoms with Crippen molar-refractivity contribution >= 4 is 5.69 Å². The normalized spacial score (nSPS) is 22.0. The van der Waals surface area contributed by atoms with Gasteiger partial charge in [-0.15, -0.1) is 0 Å². The number of pyridine rings is 1. The lowest BCUT2D eigenvalue weighted by atomic mass is 9.77. The van der Waals surface area contributed by atoms with Crippen LogP contribution in [0.25, 0.3) is 0 Å². The average Bonchev–Trinajstić information content (AvgIpc) is 2.72. The number of anilines is 1. The molecule has 1 aliphatic heterocycles. The van der Waals surface area contributed by atoms with E-state index in [0.29, 0.717) is 11.8 Å². The molecule has 1 aromatic rings. The predicted molar refractivity (Wildman–Crippen MR) is 88.5 cm³/mol. The van der Waals surface area contributed by atoms with Gasteiger partial charge in [0.2, 0.25) is 0 Å². The van der Waals surface area contributed by atoms with Crippen molar-refractivity contribution in [3.05, 3.63) is 24.0 Å². The van der Waals surface area contributed by atoms with Crippen LogP contribution in [-0.2, 0) is 0 Å². The third-order valence-electron chi connectivity index (χ3n) is 4.82. The fourth-order valence-corrected chi connectivity index (χ4v) is 3.21. The maximum Gasteiger partial charge on any atom is 0.0957 e. The van der Waals surface area contributed by atoms with E-state index >= 15 is 0 Å². The van der Waals surface area contributed by atoms with E-state index in [-0.39, 0.29) is 0 Å². The first-order valence-corrected chi connectivity index (χ1v) is 8.30. The summed E-state index contributed by atoms with van der Waals surface area (Å²) in [5.74, 6) is 0.802. The van der Waals surface area contributed by atoms with E-state index in [1.165, 1.54) is 24.9 Å². The van der Waals surface area contributed by atoms with Crippen molar-refractivity contribution < 1.29 is 5.11 Å². The molecule has 2 heterocycles. The van der Waals surface area contributed by atoms with E-state index in [1.54, 1.807) is 0 Å². The van der Waals surface area contributed by atoms with Gasteiger partial charge in [0.25, 0.3) is 0 Å². The van der Waals surface area contributed by atoms with Gasteiger partial charge in [-0.05, 0) is 49.1 Å². The second-order valence-corrected chi connectivity index (χ2v) is 7.35. The van der Waals surface area contributed by atoms with E-state index in [2.05, 4.69) is 36.7 Å². The van der Waals surface area contributed by atoms with Crippen LogP contribution in [0, 0.1) is 11.3 Å². The van der Waals surface area contributed by atoms with Crippen LogP contribution in [0.3, 0.4) is 0 Å². The quantitative estimate of drug-likeness (QED) is 0.907. The van der Waals surface area contributed by atoms with Gasteiger partial charge in [0.15, 0.2) is 0 Å². The van der Waals surface area contributed by atoms with Crippen LogP contribution in [0.4, 0.5) is 5.69 Å². The lowest BCUT2D eigenvalue weighted by Crippen LogP contribution is -2.26. The highest BCUT2D eigenvalue weighted by atomic mass is 16.3. The summed E-state index contributed by atoms with van der Waals surface area (Å²) in [7, 11) is 0. The minimum atomic E-state index is -0.437. The minimum absolute atomic E-state index is 0.406. The first-order valence-electron chi connectivity index (χ1n) is 8.30. The standard InChI is InChI=1S/C18H30N2O/c1-5-17(21)16-9-8-15(13-19-16)20-11-6-7-14(10-12-20)18(2,3)4/h8-9,13-14,17,21H,5-7,10-12H2,1-4H3/t14?,17-/m1/s1. The molecule has 1 aliphatic rings. The summed E-state index contributed by atoms with van der Waals surface area (Å²) in [6.07, 6.45) is 6.02. The lowest BCUT2D eigenvalue weighted by Gasteiger charge is -2.30. The Balaban J connectivity index is 2.02. The molecule has 21 heavy (non-hydrogen) atoms. The Labute approximate surface area is 129 Å².